The van der Waals surface area contributed by atoms with E-state index in [1.807, 2.05) is 20.8 Å². The normalized spacial score (nSPS) is 21.5. The van der Waals surface area contributed by atoms with Gasteiger partial charge < -0.3 is 33.1 Å². The highest BCUT2D eigenvalue weighted by molar-refractivity contribution is 7.31. The van der Waals surface area contributed by atoms with E-state index in [-0.39, 0.29) is 0 Å². The van der Waals surface area contributed by atoms with Gasteiger partial charge in [-0.05, 0) is 39.8 Å². The summed E-state index contributed by atoms with van der Waals surface area (Å²) in [6, 6.07) is 1.32. The van der Waals surface area contributed by atoms with E-state index in [0.717, 1.165) is 6.54 Å². The first-order chi connectivity index (χ1) is 14.3. The quantitative estimate of drug-likeness (QED) is 0.284. The predicted octanol–water partition coefficient (Wildman–Crippen LogP) is 2.98. The molecule has 1 saturated heterocycles. The summed E-state index contributed by atoms with van der Waals surface area (Å²) >= 11 is 0. The summed E-state index contributed by atoms with van der Waals surface area (Å²) in [5.74, 6) is 0. The molecule has 11 heteroatoms. The maximum Gasteiger partial charge on any atom is 0.565 e. The highest BCUT2D eigenvalue weighted by Crippen LogP contribution is 2.49. The van der Waals surface area contributed by atoms with E-state index in [9.17, 15) is 0 Å². The molecule has 31 heavy (non-hydrogen) atoms. The van der Waals surface area contributed by atoms with Crippen LogP contribution in [-0.2, 0) is 22.8 Å². The minimum atomic E-state index is -3.49. The molecule has 0 radical (unpaired) electrons. The van der Waals surface area contributed by atoms with Gasteiger partial charge >= 0.3 is 8.80 Å². The van der Waals surface area contributed by atoms with Gasteiger partial charge in [0.2, 0.25) is 0 Å². The number of nitrogens with two attached hydrogens (primary N) is 1. The molecule has 0 amide bonds. The third-order valence-corrected chi connectivity index (χ3v) is 26.5. The lowest BCUT2D eigenvalue weighted by Gasteiger charge is -2.63. The Hall–Kier alpha value is 0.588. The van der Waals surface area contributed by atoms with Crippen LogP contribution in [0.5, 0.6) is 0 Å². The van der Waals surface area contributed by atoms with Crippen LogP contribution in [0.3, 0.4) is 0 Å². The van der Waals surface area contributed by atoms with Gasteiger partial charge in [-0.15, -0.1) is 0 Å². The van der Waals surface area contributed by atoms with Crippen molar-refractivity contribution in [3.8, 4) is 0 Å². The minimum absolute atomic E-state index is 0.431. The first-order valence-electron chi connectivity index (χ1n) is 11.8. The van der Waals surface area contributed by atoms with E-state index >= 15 is 0 Å². The van der Waals surface area contributed by atoms with Crippen LogP contribution < -0.4 is 5.73 Å². The second kappa shape index (κ2) is 11.3. The molecule has 7 nitrogen and oxygen atoms in total. The number of hydrogen-bond acceptors (Lipinski definition) is 7. The third-order valence-electron chi connectivity index (χ3n) is 6.80. The smallest absolute Gasteiger partial charge is 0.371 e. The maximum atomic E-state index is 6.83. The molecule has 0 aromatic heterocycles. The fraction of sp³-hybridized carbons (Fsp3) is 1.00. The summed E-state index contributed by atoms with van der Waals surface area (Å²) in [4.78, 5) is 0. The maximum absolute atomic E-state index is 6.83. The molecule has 1 heterocycles. The Morgan fingerprint density at radius 3 is 1.61 bits per heavy atom. The molecular weight excluding hydrogens is 461 g/mol. The van der Waals surface area contributed by atoms with Gasteiger partial charge in [0.25, 0.3) is 5.41 Å². The highest BCUT2D eigenvalue weighted by atomic mass is 29.2. The SMILES string of the molecule is CCO[Si](OCC)(OCC)C(OC)(OC)C(CN)(N1CCC[SiH]1[Si](C)(C)C)[Si](C)(C)C. The van der Waals surface area contributed by atoms with E-state index in [0.29, 0.717) is 26.4 Å². The van der Waals surface area contributed by atoms with E-state index in [2.05, 4.69) is 43.8 Å². The molecule has 0 spiro atoms. The topological polar surface area (TPSA) is 75.4 Å². The molecule has 0 aliphatic carbocycles. The molecule has 1 fully saturated rings. The van der Waals surface area contributed by atoms with Crippen molar-refractivity contribution in [3.05, 3.63) is 0 Å². The van der Waals surface area contributed by atoms with Crippen molar-refractivity contribution in [2.75, 3.05) is 47.1 Å². The standard InChI is InChI=1S/C20H50N2O5Si4/c1-12-25-31(26-13-2,27-14-3)20(23-4,24-5)19(18-21,29(6,7)8)22-16-15-17-28(22)30(9,10)11/h28H,12-18,21H2,1-11H3. The Balaban J connectivity index is 4.02. The summed E-state index contributed by atoms with van der Waals surface area (Å²) in [7, 11) is -4.81. The molecule has 2 unspecified atom stereocenters. The van der Waals surface area contributed by atoms with E-state index < -0.39 is 43.5 Å². The Morgan fingerprint density at radius 1 is 0.871 bits per heavy atom. The number of ether oxygens (including phenoxy) is 2. The van der Waals surface area contributed by atoms with Crippen LogP contribution >= 0.6 is 0 Å². The van der Waals surface area contributed by atoms with Crippen molar-refractivity contribution in [3.63, 3.8) is 0 Å². The fourth-order valence-electron chi connectivity index (χ4n) is 5.70. The molecular formula is C20H50N2O5Si4. The molecule has 0 bridgehead atoms. The summed E-state index contributed by atoms with van der Waals surface area (Å²) in [5, 5.41) is -0.525. The monoisotopic (exact) mass is 510 g/mol. The molecule has 1 rings (SSSR count). The Bertz CT molecular complexity index is 538. The largest absolute Gasteiger partial charge is 0.565 e. The molecule has 2 atom stereocenters. The zero-order valence-electron chi connectivity index (χ0n) is 22.1. The Labute approximate surface area is 196 Å². The zero-order chi connectivity index (χ0) is 24.1. The van der Waals surface area contributed by atoms with Gasteiger partial charge in [-0.3, -0.25) is 0 Å². The molecule has 2 N–H and O–H groups in total. The lowest BCUT2D eigenvalue weighted by Crippen LogP contribution is -2.89. The molecule has 0 aromatic rings. The van der Waals surface area contributed by atoms with Crippen LogP contribution in [0.1, 0.15) is 27.2 Å². The number of hydrogen-bond donors (Lipinski definition) is 1. The van der Waals surface area contributed by atoms with Gasteiger partial charge in [0.05, 0.1) is 20.8 Å². The van der Waals surface area contributed by atoms with Crippen molar-refractivity contribution in [1.82, 2.24) is 4.57 Å². The van der Waals surface area contributed by atoms with Gasteiger partial charge in [0.1, 0.15) is 8.48 Å². The first-order valence-corrected chi connectivity index (χ1v) is 23.7. The van der Waals surface area contributed by atoms with Crippen LogP contribution in [0.2, 0.25) is 45.3 Å². The summed E-state index contributed by atoms with van der Waals surface area (Å²) in [5.41, 5.74) is 5.63. The molecule has 0 saturated carbocycles. The summed E-state index contributed by atoms with van der Waals surface area (Å²) in [6.45, 7) is 23.4. The van der Waals surface area contributed by atoms with Gasteiger partial charge in [-0.2, -0.15) is 0 Å². The van der Waals surface area contributed by atoms with Crippen molar-refractivity contribution in [2.45, 2.75) is 83.1 Å². The van der Waals surface area contributed by atoms with Crippen molar-refractivity contribution in [2.24, 2.45) is 5.73 Å². The van der Waals surface area contributed by atoms with Gasteiger partial charge in [-0.1, -0.05) is 39.3 Å². The number of methoxy groups -OCH3 is 2. The number of nitrogens with zero attached hydrogens (tertiary/aromatic N) is 1. The van der Waals surface area contributed by atoms with Gasteiger partial charge in [0, 0.05) is 40.6 Å². The first kappa shape index (κ1) is 29.6. The molecule has 1 aliphatic heterocycles. The van der Waals surface area contributed by atoms with Crippen molar-refractivity contribution in [1.29, 1.82) is 0 Å². The lowest BCUT2D eigenvalue weighted by molar-refractivity contribution is -0.235. The van der Waals surface area contributed by atoms with Gasteiger partial charge in [0.15, 0.2) is 0 Å². The summed E-state index contributed by atoms with van der Waals surface area (Å²) < 4.78 is 35.1. The van der Waals surface area contributed by atoms with Crippen LogP contribution in [0.15, 0.2) is 0 Å². The highest BCUT2D eigenvalue weighted by Gasteiger charge is 2.78. The predicted molar refractivity (Wildman–Crippen MR) is 139 cm³/mol. The van der Waals surface area contributed by atoms with E-state index in [1.54, 1.807) is 14.2 Å². The van der Waals surface area contributed by atoms with Crippen LogP contribution in [0, 0.1) is 0 Å². The van der Waals surface area contributed by atoms with E-state index in [1.165, 1.54) is 12.5 Å². The second-order valence-electron chi connectivity index (χ2n) is 10.4. The van der Waals surface area contributed by atoms with Crippen LogP contribution in [-0.4, -0.2) is 95.2 Å². The van der Waals surface area contributed by atoms with Crippen molar-refractivity contribution >= 4 is 32.9 Å². The zero-order valence-corrected chi connectivity index (χ0v) is 26.2. The lowest BCUT2D eigenvalue weighted by atomic mass is 10.2. The molecule has 0 aromatic carbocycles. The average Bonchev–Trinajstić information content (AvgIpc) is 3.16. The minimum Gasteiger partial charge on any atom is -0.371 e. The van der Waals surface area contributed by atoms with Crippen LogP contribution in [0.25, 0.3) is 0 Å². The average molecular weight is 511 g/mol. The molecule has 1 aliphatic rings. The van der Waals surface area contributed by atoms with Crippen LogP contribution in [0.4, 0.5) is 0 Å². The number of rotatable bonds is 14. The Morgan fingerprint density at radius 2 is 1.32 bits per heavy atom. The van der Waals surface area contributed by atoms with E-state index in [4.69, 9.17) is 28.5 Å². The molecule has 186 valence electrons. The van der Waals surface area contributed by atoms with Crippen molar-refractivity contribution < 1.29 is 22.8 Å². The summed E-state index contributed by atoms with van der Waals surface area (Å²) in [6.07, 6.45) is 1.21. The third kappa shape index (κ3) is 5.02. The Kier molecular flexibility index (Phi) is 10.8. The second-order valence-corrected chi connectivity index (χ2v) is 32.5. The van der Waals surface area contributed by atoms with Gasteiger partial charge in [-0.25, -0.2) is 0 Å². The fourth-order valence-corrected chi connectivity index (χ4v) is 26.5.